The van der Waals surface area contributed by atoms with Gasteiger partial charge in [0.15, 0.2) is 0 Å². The molecule has 0 saturated heterocycles. The highest BCUT2D eigenvalue weighted by molar-refractivity contribution is 7.12. The number of fused-ring (bicyclic) bond motifs is 1. The Kier molecular flexibility index (Phi) is 4.40. The van der Waals surface area contributed by atoms with E-state index in [0.29, 0.717) is 18.0 Å². The summed E-state index contributed by atoms with van der Waals surface area (Å²) >= 11 is 1.40. The highest BCUT2D eigenvalue weighted by Crippen LogP contribution is 2.29. The molecule has 1 atom stereocenters. The second-order valence-corrected chi connectivity index (χ2v) is 6.23. The minimum Gasteiger partial charge on any atom is -0.332 e. The summed E-state index contributed by atoms with van der Waals surface area (Å²) in [4.78, 5) is 36.9. The molecular formula is C16H17N3O3S. The van der Waals surface area contributed by atoms with Crippen molar-refractivity contribution in [2.75, 3.05) is 20.7 Å². The van der Waals surface area contributed by atoms with Gasteiger partial charge >= 0.3 is 0 Å². The fourth-order valence-corrected chi connectivity index (χ4v) is 3.38. The van der Waals surface area contributed by atoms with Gasteiger partial charge in [-0.05, 0) is 23.1 Å². The maximum absolute atomic E-state index is 12.6. The van der Waals surface area contributed by atoms with Crippen molar-refractivity contribution in [3.8, 4) is 0 Å². The first-order valence-corrected chi connectivity index (χ1v) is 8.08. The molecule has 0 N–H and O–H groups in total. The monoisotopic (exact) mass is 331 g/mol. The van der Waals surface area contributed by atoms with Crippen LogP contribution >= 0.6 is 11.3 Å². The molecule has 0 radical (unpaired) electrons. The number of amides is 2. The molecule has 0 aliphatic carbocycles. The van der Waals surface area contributed by atoms with Crippen molar-refractivity contribution >= 4 is 23.2 Å². The molecule has 120 valence electrons. The molecule has 1 aliphatic heterocycles. The number of hydrogen-bond donors (Lipinski definition) is 0. The van der Waals surface area contributed by atoms with E-state index in [1.54, 1.807) is 24.2 Å². The van der Waals surface area contributed by atoms with Gasteiger partial charge < -0.3 is 4.90 Å². The van der Waals surface area contributed by atoms with Crippen LogP contribution in [-0.2, 0) is 16.2 Å². The van der Waals surface area contributed by atoms with Crippen LogP contribution in [0.25, 0.3) is 0 Å². The Labute approximate surface area is 138 Å². The van der Waals surface area contributed by atoms with Gasteiger partial charge in [-0.1, -0.05) is 12.1 Å². The quantitative estimate of drug-likeness (QED) is 0.806. The first-order valence-electron chi connectivity index (χ1n) is 7.20. The average Bonchev–Trinajstić information content (AvgIpc) is 3.13. The van der Waals surface area contributed by atoms with Gasteiger partial charge in [-0.15, -0.1) is 11.3 Å². The highest BCUT2D eigenvalue weighted by atomic mass is 32.1. The van der Waals surface area contributed by atoms with Crippen LogP contribution in [-0.4, -0.2) is 47.5 Å². The minimum absolute atomic E-state index is 0.0626. The molecule has 0 spiro atoms. The minimum atomic E-state index is -0.520. The van der Waals surface area contributed by atoms with Crippen LogP contribution in [0.15, 0.2) is 35.8 Å². The lowest BCUT2D eigenvalue weighted by atomic mass is 9.93. The molecule has 1 unspecified atom stereocenters. The molecule has 2 amide bonds. The smallest absolute Gasteiger partial charge is 0.264 e. The first kappa shape index (κ1) is 15.6. The Hall–Kier alpha value is -2.25. The van der Waals surface area contributed by atoms with Crippen molar-refractivity contribution < 1.29 is 14.4 Å². The van der Waals surface area contributed by atoms with Gasteiger partial charge in [0.05, 0.1) is 17.7 Å². The largest absolute Gasteiger partial charge is 0.332 e. The molecule has 1 aliphatic rings. The molecule has 3 heterocycles. The molecule has 6 nitrogen and oxygen atoms in total. The fraction of sp³-hybridized carbons (Fsp3) is 0.312. The van der Waals surface area contributed by atoms with Gasteiger partial charge in [-0.3, -0.25) is 19.4 Å². The van der Waals surface area contributed by atoms with Crippen LogP contribution in [0.1, 0.15) is 26.8 Å². The van der Waals surface area contributed by atoms with Crippen molar-refractivity contribution in [3.05, 3.63) is 52.0 Å². The molecule has 0 saturated carbocycles. The third-order valence-corrected chi connectivity index (χ3v) is 4.78. The second kappa shape index (κ2) is 6.47. The molecule has 3 rings (SSSR count). The lowest BCUT2D eigenvalue weighted by Gasteiger charge is -2.34. The number of rotatable bonds is 3. The molecule has 0 bridgehead atoms. The van der Waals surface area contributed by atoms with Gasteiger partial charge in [-0.2, -0.15) is 0 Å². The summed E-state index contributed by atoms with van der Waals surface area (Å²) < 4.78 is 0. The summed E-state index contributed by atoms with van der Waals surface area (Å²) in [5.41, 5.74) is 1.61. The van der Waals surface area contributed by atoms with E-state index in [0.717, 1.165) is 11.3 Å². The predicted molar refractivity (Wildman–Crippen MR) is 85.8 cm³/mol. The molecular weight excluding hydrogens is 314 g/mol. The van der Waals surface area contributed by atoms with Gasteiger partial charge in [0.1, 0.15) is 5.92 Å². The third kappa shape index (κ3) is 2.97. The van der Waals surface area contributed by atoms with Crippen LogP contribution in [0.2, 0.25) is 0 Å². The van der Waals surface area contributed by atoms with E-state index in [-0.39, 0.29) is 11.8 Å². The zero-order valence-corrected chi connectivity index (χ0v) is 13.7. The van der Waals surface area contributed by atoms with Gasteiger partial charge in [-0.25, -0.2) is 5.06 Å². The van der Waals surface area contributed by atoms with E-state index >= 15 is 0 Å². The van der Waals surface area contributed by atoms with Gasteiger partial charge in [0.2, 0.25) is 0 Å². The van der Waals surface area contributed by atoms with E-state index in [1.165, 1.54) is 23.5 Å². The number of thiophene rings is 1. The average molecular weight is 331 g/mol. The van der Waals surface area contributed by atoms with Crippen LogP contribution in [0.5, 0.6) is 0 Å². The molecule has 0 aromatic carbocycles. The van der Waals surface area contributed by atoms with E-state index in [4.69, 9.17) is 4.84 Å². The Morgan fingerprint density at radius 2 is 2.22 bits per heavy atom. The Balaban J connectivity index is 1.93. The Morgan fingerprint density at radius 3 is 2.91 bits per heavy atom. The summed E-state index contributed by atoms with van der Waals surface area (Å²) in [5.74, 6) is -0.794. The predicted octanol–water partition coefficient (Wildman–Crippen LogP) is 1.90. The highest BCUT2D eigenvalue weighted by Gasteiger charge is 2.35. The Morgan fingerprint density at radius 1 is 1.39 bits per heavy atom. The number of carbonyl (C=O) groups excluding carboxylic acids is 2. The van der Waals surface area contributed by atoms with Gasteiger partial charge in [0, 0.05) is 26.3 Å². The maximum Gasteiger partial charge on any atom is 0.264 e. The molecule has 7 heteroatoms. The zero-order valence-electron chi connectivity index (χ0n) is 12.9. The normalized spacial score (nSPS) is 16.8. The molecule has 23 heavy (non-hydrogen) atoms. The lowest BCUT2D eigenvalue weighted by Crippen LogP contribution is -2.44. The second-order valence-electron chi connectivity index (χ2n) is 5.28. The van der Waals surface area contributed by atoms with Crippen LogP contribution in [0.4, 0.5) is 0 Å². The van der Waals surface area contributed by atoms with Crippen LogP contribution in [0, 0.1) is 0 Å². The van der Waals surface area contributed by atoms with E-state index < -0.39 is 5.92 Å². The molecule has 2 aromatic heterocycles. The van der Waals surface area contributed by atoms with Crippen molar-refractivity contribution in [1.29, 1.82) is 0 Å². The molecule has 2 aromatic rings. The number of pyridine rings is 1. The van der Waals surface area contributed by atoms with E-state index in [2.05, 4.69) is 4.98 Å². The number of carbonyl (C=O) groups is 2. The van der Waals surface area contributed by atoms with Crippen molar-refractivity contribution in [2.24, 2.45) is 0 Å². The third-order valence-electron chi connectivity index (χ3n) is 3.92. The number of hydrogen-bond acceptors (Lipinski definition) is 5. The number of nitrogens with zero attached hydrogens (tertiary/aromatic N) is 3. The summed E-state index contributed by atoms with van der Waals surface area (Å²) in [6.45, 7) is 0.758. The summed E-state index contributed by atoms with van der Waals surface area (Å²) in [6.07, 6.45) is 1.67. The SMILES string of the molecule is CON(C)C(=O)C1CN(C(=O)c2cccs2)Cc2cccnc21. The zero-order chi connectivity index (χ0) is 16.4. The number of aromatic nitrogens is 1. The van der Waals surface area contributed by atoms with Crippen LogP contribution < -0.4 is 0 Å². The lowest BCUT2D eigenvalue weighted by molar-refractivity contribution is -0.171. The summed E-state index contributed by atoms with van der Waals surface area (Å²) in [5, 5.41) is 3.05. The standard InChI is InChI=1S/C16H17N3O3S/c1-18(22-2)15(20)12-10-19(16(21)13-6-4-8-23-13)9-11-5-3-7-17-14(11)12/h3-8,12H,9-10H2,1-2H3. The summed E-state index contributed by atoms with van der Waals surface area (Å²) in [7, 11) is 3.00. The van der Waals surface area contributed by atoms with Gasteiger partial charge in [0.25, 0.3) is 11.8 Å². The topological polar surface area (TPSA) is 62.7 Å². The molecule has 0 fully saturated rings. The fourth-order valence-electron chi connectivity index (χ4n) is 2.69. The van der Waals surface area contributed by atoms with Crippen molar-refractivity contribution in [1.82, 2.24) is 14.9 Å². The van der Waals surface area contributed by atoms with Crippen molar-refractivity contribution in [2.45, 2.75) is 12.5 Å². The maximum atomic E-state index is 12.6. The Bertz CT molecular complexity index is 717. The van der Waals surface area contributed by atoms with E-state index in [1.807, 2.05) is 23.6 Å². The first-order chi connectivity index (χ1) is 11.1. The van der Waals surface area contributed by atoms with E-state index in [9.17, 15) is 9.59 Å². The van der Waals surface area contributed by atoms with Crippen molar-refractivity contribution in [3.63, 3.8) is 0 Å². The summed E-state index contributed by atoms with van der Waals surface area (Å²) in [6, 6.07) is 7.37. The van der Waals surface area contributed by atoms with Crippen LogP contribution in [0.3, 0.4) is 0 Å². The number of hydroxylamine groups is 2. The number of likely N-dealkylation sites (N-methyl/N-ethyl adjacent to an activating group) is 1.